The lowest BCUT2D eigenvalue weighted by Crippen LogP contribution is -3.11. The number of aliphatic carboxylic acids is 1. The number of halogens is 6. The molecule has 36 heavy (non-hydrogen) atoms. The molecule has 3 heterocycles. The average molecular weight is 519 g/mol. The molecule has 0 bridgehead atoms. The van der Waals surface area contributed by atoms with Crippen molar-refractivity contribution in [3.63, 3.8) is 0 Å². The molecule has 1 fully saturated rings. The number of aromatic amines is 1. The van der Waals surface area contributed by atoms with Crippen molar-refractivity contribution in [1.29, 1.82) is 0 Å². The summed E-state index contributed by atoms with van der Waals surface area (Å²) in [5, 5.41) is 10.9. The van der Waals surface area contributed by atoms with Gasteiger partial charge in [-0.3, -0.25) is 4.79 Å². The van der Waals surface area contributed by atoms with Crippen LogP contribution < -0.4 is 19.7 Å². The average Bonchev–Trinajstić information content (AvgIpc) is 3.22. The minimum absolute atomic E-state index is 0.0177. The number of nitrogens with zero attached hydrogens (tertiary/aromatic N) is 1. The monoisotopic (exact) mass is 519 g/mol. The first-order chi connectivity index (χ1) is 16.9. The van der Waals surface area contributed by atoms with Gasteiger partial charge < -0.3 is 20.0 Å². The molecule has 1 aliphatic rings. The third-order valence-corrected chi connectivity index (χ3v) is 5.23. The van der Waals surface area contributed by atoms with Crippen molar-refractivity contribution < 1.29 is 55.1 Å². The molecule has 2 aromatic heterocycles. The van der Waals surface area contributed by atoms with Gasteiger partial charge in [-0.25, -0.2) is 4.90 Å². The van der Waals surface area contributed by atoms with Gasteiger partial charge in [0.15, 0.2) is 11.6 Å². The van der Waals surface area contributed by atoms with E-state index in [-0.39, 0.29) is 11.3 Å². The van der Waals surface area contributed by atoms with E-state index >= 15 is 0 Å². The zero-order valence-corrected chi connectivity index (χ0v) is 18.4. The number of carboxylic acid groups (broad SMARTS) is 1. The van der Waals surface area contributed by atoms with Crippen LogP contribution >= 0.6 is 0 Å². The summed E-state index contributed by atoms with van der Waals surface area (Å²) in [6.45, 7) is 2.56. The lowest BCUT2D eigenvalue weighted by Gasteiger charge is -2.21. The number of rotatable bonds is 4. The molecule has 0 saturated carbocycles. The first-order valence-corrected chi connectivity index (χ1v) is 10.6. The predicted octanol–water partition coefficient (Wildman–Crippen LogP) is 0.632. The number of ether oxygens (including phenoxy) is 1. The molecule has 1 aliphatic heterocycles. The van der Waals surface area contributed by atoms with Gasteiger partial charge in [0.1, 0.15) is 25.3 Å². The number of pyridine rings is 1. The molecule has 1 saturated heterocycles. The Morgan fingerprint density at radius 2 is 1.58 bits per heavy atom. The number of hydrogen-bond donors (Lipinski definition) is 3. The molecule has 0 aliphatic carbocycles. The minimum Gasteiger partial charge on any atom is -0.542 e. The highest BCUT2D eigenvalue weighted by Crippen LogP contribution is 2.32. The third-order valence-electron chi connectivity index (χ3n) is 5.23. The standard InChI is InChI=1S/C20H19F3N4O2.C2HF3O2/c21-20(22,23)17(14-6-2-1-3-7-14)25-18(28)16-15-8-4-5-9-27(15)19(24-16)26-10-12-29-13-11-26;3-2(4,5)1(6)7/h1-9,17H,10-13H2,(H,25,28);(H,6,7)/p+1. The Labute approximate surface area is 200 Å². The molecule has 3 N–H and O–H groups in total. The summed E-state index contributed by atoms with van der Waals surface area (Å²) < 4.78 is 79.7. The van der Waals surface area contributed by atoms with E-state index in [1.54, 1.807) is 28.8 Å². The lowest BCUT2D eigenvalue weighted by molar-refractivity contribution is -0.889. The SMILES string of the molecule is O=C(NC(c1ccccc1)C(F)(F)F)c1[nH]c([NH+]2CCOCC2)[n+]2ccccc12.O=C([O-])C(F)(F)F. The quantitative estimate of drug-likeness (QED) is 0.348. The molecule has 1 unspecified atom stereocenters. The van der Waals surface area contributed by atoms with Gasteiger partial charge in [-0.1, -0.05) is 36.4 Å². The van der Waals surface area contributed by atoms with Crippen LogP contribution in [0.5, 0.6) is 0 Å². The van der Waals surface area contributed by atoms with Gasteiger partial charge in [0, 0.05) is 0 Å². The third kappa shape index (κ3) is 6.51. The largest absolute Gasteiger partial charge is 0.542 e. The van der Waals surface area contributed by atoms with Crippen molar-refractivity contribution in [3.05, 3.63) is 66.0 Å². The van der Waals surface area contributed by atoms with Gasteiger partial charge in [-0.05, 0) is 17.7 Å². The summed E-state index contributed by atoms with van der Waals surface area (Å²) in [4.78, 5) is 25.8. The van der Waals surface area contributed by atoms with Crippen LogP contribution in [0.25, 0.3) is 5.52 Å². The van der Waals surface area contributed by atoms with E-state index in [1.807, 2.05) is 6.07 Å². The second kappa shape index (κ2) is 11.0. The Kier molecular flexibility index (Phi) is 8.20. The maximum atomic E-state index is 13.6. The fraction of sp³-hybridized carbons (Fsp3) is 0.318. The number of hydrogen-bond acceptors (Lipinski definition) is 4. The molecule has 0 spiro atoms. The van der Waals surface area contributed by atoms with Crippen LogP contribution in [0, 0.1) is 0 Å². The molecule has 194 valence electrons. The van der Waals surface area contributed by atoms with Gasteiger partial charge in [0.25, 0.3) is 5.91 Å². The zero-order chi connectivity index (χ0) is 26.5. The fourth-order valence-corrected chi connectivity index (χ4v) is 3.57. The number of quaternary nitrogens is 1. The second-order valence-corrected chi connectivity index (χ2v) is 7.66. The summed E-state index contributed by atoms with van der Waals surface area (Å²) >= 11 is 0. The van der Waals surface area contributed by atoms with Crippen molar-refractivity contribution in [2.75, 3.05) is 26.3 Å². The lowest BCUT2D eigenvalue weighted by atomic mass is 10.1. The van der Waals surface area contributed by atoms with Crippen LogP contribution in [-0.2, 0) is 9.53 Å². The first kappa shape index (κ1) is 26.9. The molecule has 0 radical (unpaired) electrons. The van der Waals surface area contributed by atoms with E-state index in [4.69, 9.17) is 14.6 Å². The topological polar surface area (TPSA) is 103 Å². The van der Waals surface area contributed by atoms with Crippen molar-refractivity contribution >= 4 is 23.3 Å². The minimum atomic E-state index is -5.19. The van der Waals surface area contributed by atoms with E-state index < -0.39 is 30.3 Å². The van der Waals surface area contributed by atoms with Gasteiger partial charge in [0.05, 0.1) is 13.2 Å². The van der Waals surface area contributed by atoms with Crippen LogP contribution in [0.3, 0.4) is 0 Å². The number of carbonyl (C=O) groups excluding carboxylic acids is 2. The molecule has 4 rings (SSSR count). The van der Waals surface area contributed by atoms with Crippen LogP contribution in [0.15, 0.2) is 54.7 Å². The van der Waals surface area contributed by atoms with E-state index in [0.717, 1.165) is 10.8 Å². The van der Waals surface area contributed by atoms with Crippen molar-refractivity contribution in [2.24, 2.45) is 0 Å². The Balaban J connectivity index is 0.000000454. The summed E-state index contributed by atoms with van der Waals surface area (Å²) in [5.41, 5.74) is 0.605. The zero-order valence-electron chi connectivity index (χ0n) is 18.4. The number of carbonyl (C=O) groups is 2. The summed E-state index contributed by atoms with van der Waals surface area (Å²) in [7, 11) is 0. The maximum absolute atomic E-state index is 13.6. The van der Waals surface area contributed by atoms with E-state index in [9.17, 15) is 31.1 Å². The number of benzene rings is 1. The number of morpholine rings is 1. The van der Waals surface area contributed by atoms with Gasteiger partial charge >= 0.3 is 18.3 Å². The van der Waals surface area contributed by atoms with Gasteiger partial charge in [0.2, 0.25) is 5.69 Å². The van der Waals surface area contributed by atoms with Crippen molar-refractivity contribution in [2.45, 2.75) is 18.4 Å². The van der Waals surface area contributed by atoms with Crippen LogP contribution in [0.2, 0.25) is 0 Å². The number of nitrogens with one attached hydrogen (secondary N) is 3. The first-order valence-electron chi connectivity index (χ1n) is 10.6. The Morgan fingerprint density at radius 1 is 1.00 bits per heavy atom. The highest BCUT2D eigenvalue weighted by molar-refractivity contribution is 5.98. The van der Waals surface area contributed by atoms with Crippen LogP contribution in [0.1, 0.15) is 22.1 Å². The van der Waals surface area contributed by atoms with Crippen LogP contribution in [0.4, 0.5) is 32.3 Å². The predicted molar refractivity (Wildman–Crippen MR) is 109 cm³/mol. The number of imidazole rings is 1. The summed E-state index contributed by atoms with van der Waals surface area (Å²) in [5.74, 6) is -3.09. The summed E-state index contributed by atoms with van der Waals surface area (Å²) in [6.07, 6.45) is -8.02. The number of carboxylic acids is 1. The Morgan fingerprint density at radius 3 is 2.14 bits per heavy atom. The highest BCUT2D eigenvalue weighted by atomic mass is 19.4. The maximum Gasteiger partial charge on any atom is 0.457 e. The smallest absolute Gasteiger partial charge is 0.457 e. The molecule has 3 aromatic rings. The fourth-order valence-electron chi connectivity index (χ4n) is 3.57. The van der Waals surface area contributed by atoms with E-state index in [2.05, 4.69) is 10.3 Å². The molecule has 14 heteroatoms. The molecular weight excluding hydrogens is 498 g/mol. The van der Waals surface area contributed by atoms with E-state index in [0.29, 0.717) is 31.8 Å². The normalized spacial score (nSPS) is 15.6. The Bertz CT molecular complexity index is 1190. The molecule has 1 amide bonds. The number of amides is 1. The van der Waals surface area contributed by atoms with Gasteiger partial charge in [-0.15, -0.1) is 4.40 Å². The molecule has 1 atom stereocenters. The van der Waals surface area contributed by atoms with Gasteiger partial charge in [-0.2, -0.15) is 31.3 Å². The number of fused-ring (bicyclic) bond motifs is 1. The molecule has 1 aromatic carbocycles. The molecule has 8 nitrogen and oxygen atoms in total. The Hall–Kier alpha value is -3.65. The number of H-pyrrole nitrogens is 1. The number of alkyl halides is 6. The van der Waals surface area contributed by atoms with Crippen molar-refractivity contribution in [1.82, 2.24) is 10.3 Å². The second-order valence-electron chi connectivity index (χ2n) is 7.66. The van der Waals surface area contributed by atoms with E-state index in [1.165, 1.54) is 24.3 Å². The van der Waals surface area contributed by atoms with Crippen LogP contribution in [-0.4, -0.2) is 55.5 Å². The highest BCUT2D eigenvalue weighted by Gasteiger charge is 2.43. The number of aromatic nitrogens is 2. The summed E-state index contributed by atoms with van der Waals surface area (Å²) in [6, 6.07) is 10.5. The molecular formula is C22H21F6N4O4+. The van der Waals surface area contributed by atoms with Crippen molar-refractivity contribution in [3.8, 4) is 0 Å².